The second kappa shape index (κ2) is 20.6. The van der Waals surface area contributed by atoms with Crippen molar-refractivity contribution in [3.63, 3.8) is 0 Å². The van der Waals surface area contributed by atoms with Gasteiger partial charge in [-0.05, 0) is 83.7 Å². The Kier molecular flexibility index (Phi) is 18.1. The molecule has 0 aromatic rings. The van der Waals surface area contributed by atoms with E-state index in [2.05, 4.69) is 21.3 Å². The molecule has 0 saturated carbocycles. The fraction of sp³-hybridized carbons (Fsp3) is 0.733. The molecule has 14 heteroatoms. The van der Waals surface area contributed by atoms with Crippen molar-refractivity contribution in [1.82, 2.24) is 21.3 Å². The van der Waals surface area contributed by atoms with Crippen LogP contribution in [0.1, 0.15) is 85.0 Å². The van der Waals surface area contributed by atoms with E-state index in [0.717, 1.165) is 0 Å². The van der Waals surface area contributed by atoms with Gasteiger partial charge < -0.3 is 43.6 Å². The average molecular weight is 624 g/mol. The Hall–Kier alpha value is -3.36. The number of carbonyl (C=O) groups excluding carboxylic acids is 5. The Morgan fingerprint density at radius 1 is 0.864 bits per heavy atom. The highest BCUT2D eigenvalue weighted by Crippen LogP contribution is 2.17. The summed E-state index contributed by atoms with van der Waals surface area (Å²) >= 11 is 0. The lowest BCUT2D eigenvalue weighted by Crippen LogP contribution is -2.58. The molecule has 250 valence electrons. The summed E-state index contributed by atoms with van der Waals surface area (Å²) in [5.74, 6) is -4.67. The first-order chi connectivity index (χ1) is 20.8. The molecule has 0 unspecified atom stereocenters. The smallest absolute Gasteiger partial charge is 0.306 e. The van der Waals surface area contributed by atoms with Crippen molar-refractivity contribution in [3.05, 3.63) is 12.2 Å². The standard InChI is InChI=1S/C30H53N7O7/c1-18(2)16-20(30(43)44)17-25(38)19(3)34-27(40)22-11-5-4-10-21(33)26(39)35-23(12-6-8-14-31)28(41)37-24(29(42)36-22)13-7-9-15-32/h4-5,18-24H,6-17,31-33H2,1-3H3,(H,34,40)(H,35,39)(H,36,42)(H,37,41)(H,43,44)/t19-,20+,21-,22-,23-,24-/m0/s1. The van der Waals surface area contributed by atoms with Crippen LogP contribution < -0.4 is 38.5 Å². The number of unbranched alkanes of at least 4 members (excludes halogenated alkanes) is 2. The van der Waals surface area contributed by atoms with Crippen molar-refractivity contribution in [3.8, 4) is 0 Å². The number of rotatable bonds is 16. The predicted octanol–water partition coefficient (Wildman–Crippen LogP) is -0.413. The fourth-order valence-corrected chi connectivity index (χ4v) is 4.81. The van der Waals surface area contributed by atoms with E-state index in [-0.39, 0.29) is 31.6 Å². The van der Waals surface area contributed by atoms with Gasteiger partial charge in [-0.1, -0.05) is 26.0 Å². The van der Waals surface area contributed by atoms with Gasteiger partial charge in [0.25, 0.3) is 0 Å². The van der Waals surface area contributed by atoms with Gasteiger partial charge >= 0.3 is 5.97 Å². The molecule has 0 spiro atoms. The van der Waals surface area contributed by atoms with Crippen LogP contribution in [0, 0.1) is 11.8 Å². The van der Waals surface area contributed by atoms with E-state index < -0.39 is 71.5 Å². The van der Waals surface area contributed by atoms with Gasteiger partial charge in [0.05, 0.1) is 18.0 Å². The maximum Gasteiger partial charge on any atom is 0.306 e. The summed E-state index contributed by atoms with van der Waals surface area (Å²) in [6, 6.07) is -5.04. The second-order valence-electron chi connectivity index (χ2n) is 11.9. The van der Waals surface area contributed by atoms with Gasteiger partial charge in [0.1, 0.15) is 18.1 Å². The summed E-state index contributed by atoms with van der Waals surface area (Å²) < 4.78 is 0. The van der Waals surface area contributed by atoms with E-state index >= 15 is 0 Å². The first-order valence-corrected chi connectivity index (χ1v) is 15.6. The van der Waals surface area contributed by atoms with Gasteiger partial charge in [0.2, 0.25) is 23.6 Å². The fourth-order valence-electron chi connectivity index (χ4n) is 4.81. The molecular weight excluding hydrogens is 570 g/mol. The number of carboxylic acid groups (broad SMARTS) is 1. The molecule has 0 radical (unpaired) electrons. The van der Waals surface area contributed by atoms with E-state index in [1.54, 1.807) is 12.2 Å². The van der Waals surface area contributed by atoms with Crippen LogP contribution in [0.4, 0.5) is 0 Å². The Morgan fingerprint density at radius 3 is 1.91 bits per heavy atom. The normalized spacial score (nSPS) is 23.1. The molecule has 1 rings (SSSR count). The SMILES string of the molecule is CC(C)C[C@H](CC(=O)[C@H](C)NC(=O)[C@@H]1CC=CC[C@H](N)C(=O)N[C@@H](CCCCN)C(=O)N[C@@H](CCCCN)C(=O)N1)C(=O)O. The lowest BCUT2D eigenvalue weighted by atomic mass is 9.91. The maximum atomic E-state index is 13.4. The van der Waals surface area contributed by atoms with Crippen molar-refractivity contribution < 1.29 is 33.9 Å². The molecule has 6 atom stereocenters. The summed E-state index contributed by atoms with van der Waals surface area (Å²) in [4.78, 5) is 77.3. The highest BCUT2D eigenvalue weighted by atomic mass is 16.4. The minimum Gasteiger partial charge on any atom is -0.481 e. The molecular formula is C30H53N7O7. The first-order valence-electron chi connectivity index (χ1n) is 15.6. The number of ketones is 1. The lowest BCUT2D eigenvalue weighted by Gasteiger charge is -2.27. The minimum absolute atomic E-state index is 0.0170. The van der Waals surface area contributed by atoms with Gasteiger partial charge in [0, 0.05) is 6.42 Å². The van der Waals surface area contributed by atoms with Crippen molar-refractivity contribution in [2.45, 2.75) is 115 Å². The summed E-state index contributed by atoms with van der Waals surface area (Å²) in [7, 11) is 0. The molecule has 11 N–H and O–H groups in total. The van der Waals surface area contributed by atoms with Crippen LogP contribution in [-0.4, -0.2) is 83.8 Å². The highest BCUT2D eigenvalue weighted by molar-refractivity contribution is 5.96. The van der Waals surface area contributed by atoms with Gasteiger partial charge in [0.15, 0.2) is 5.78 Å². The topological polar surface area (TPSA) is 249 Å². The zero-order chi connectivity index (χ0) is 33.2. The van der Waals surface area contributed by atoms with Gasteiger partial charge in [-0.15, -0.1) is 0 Å². The van der Waals surface area contributed by atoms with Crippen LogP contribution in [0.5, 0.6) is 0 Å². The van der Waals surface area contributed by atoms with Crippen LogP contribution >= 0.6 is 0 Å². The second-order valence-corrected chi connectivity index (χ2v) is 11.9. The number of aliphatic carboxylic acids is 1. The van der Waals surface area contributed by atoms with E-state index in [4.69, 9.17) is 17.2 Å². The van der Waals surface area contributed by atoms with Crippen LogP contribution in [0.2, 0.25) is 0 Å². The molecule has 44 heavy (non-hydrogen) atoms. The third kappa shape index (κ3) is 14.4. The molecule has 0 aromatic heterocycles. The van der Waals surface area contributed by atoms with Crippen molar-refractivity contribution >= 4 is 35.4 Å². The third-order valence-electron chi connectivity index (χ3n) is 7.45. The minimum atomic E-state index is -1.12. The third-order valence-corrected chi connectivity index (χ3v) is 7.45. The summed E-state index contributed by atoms with van der Waals surface area (Å²) in [5.41, 5.74) is 17.3. The first kappa shape index (κ1) is 38.7. The van der Waals surface area contributed by atoms with E-state index in [9.17, 15) is 33.9 Å². The Balaban J connectivity index is 3.20. The number of carbonyl (C=O) groups is 6. The largest absolute Gasteiger partial charge is 0.481 e. The van der Waals surface area contributed by atoms with Crippen LogP contribution in [-0.2, 0) is 28.8 Å². The Bertz CT molecular complexity index is 1000. The van der Waals surface area contributed by atoms with Crippen LogP contribution in [0.3, 0.4) is 0 Å². The van der Waals surface area contributed by atoms with Crippen molar-refractivity contribution in [2.24, 2.45) is 29.0 Å². The van der Waals surface area contributed by atoms with Gasteiger partial charge in [-0.3, -0.25) is 28.8 Å². The molecule has 0 saturated heterocycles. The molecule has 0 aliphatic carbocycles. The quantitative estimate of drug-likeness (QED) is 0.0815. The number of Topliss-reactive ketones (excluding diaryl/α,β-unsaturated/α-hetero) is 1. The zero-order valence-corrected chi connectivity index (χ0v) is 26.3. The van der Waals surface area contributed by atoms with E-state index in [1.807, 2.05) is 13.8 Å². The summed E-state index contributed by atoms with van der Waals surface area (Å²) in [6.07, 6.45) is 6.30. The Morgan fingerprint density at radius 2 is 1.39 bits per heavy atom. The van der Waals surface area contributed by atoms with Gasteiger partial charge in [-0.2, -0.15) is 0 Å². The molecule has 0 fully saturated rings. The number of hydrogen-bond acceptors (Lipinski definition) is 9. The van der Waals surface area contributed by atoms with Crippen LogP contribution in [0.25, 0.3) is 0 Å². The molecule has 14 nitrogen and oxygen atoms in total. The lowest BCUT2D eigenvalue weighted by molar-refractivity contribution is -0.144. The maximum absolute atomic E-state index is 13.4. The van der Waals surface area contributed by atoms with Gasteiger partial charge in [-0.25, -0.2) is 0 Å². The average Bonchev–Trinajstić information content (AvgIpc) is 2.96. The molecule has 1 aliphatic rings. The molecule has 1 heterocycles. The highest BCUT2D eigenvalue weighted by Gasteiger charge is 2.32. The number of amides is 4. The zero-order valence-electron chi connectivity index (χ0n) is 26.3. The number of nitrogens with two attached hydrogens (primary N) is 3. The summed E-state index contributed by atoms with van der Waals surface area (Å²) in [6.45, 7) is 6.00. The molecule has 0 bridgehead atoms. The number of hydrogen-bond donors (Lipinski definition) is 8. The molecule has 4 amide bonds. The number of carboxylic acids is 1. The van der Waals surface area contributed by atoms with Crippen molar-refractivity contribution in [2.75, 3.05) is 13.1 Å². The van der Waals surface area contributed by atoms with E-state index in [1.165, 1.54) is 6.92 Å². The predicted molar refractivity (Wildman–Crippen MR) is 166 cm³/mol. The van der Waals surface area contributed by atoms with E-state index in [0.29, 0.717) is 51.6 Å². The number of nitrogens with one attached hydrogen (secondary N) is 4. The Labute approximate surface area is 260 Å². The van der Waals surface area contributed by atoms with Crippen LogP contribution in [0.15, 0.2) is 12.2 Å². The molecule has 0 aromatic carbocycles. The molecule has 1 aliphatic heterocycles. The monoisotopic (exact) mass is 623 g/mol. The van der Waals surface area contributed by atoms with Crippen molar-refractivity contribution in [1.29, 1.82) is 0 Å². The summed E-state index contributed by atoms with van der Waals surface area (Å²) in [5, 5.41) is 20.2.